The molecule has 1 aromatic rings. The summed E-state index contributed by atoms with van der Waals surface area (Å²) in [5.74, 6) is 2.57. The minimum atomic E-state index is 0.748. The number of fused-ring (bicyclic) bond motifs is 1. The van der Waals surface area contributed by atoms with Crippen molar-refractivity contribution in [3.63, 3.8) is 0 Å². The molecular weight excluding hydrogens is 218 g/mol. The Labute approximate surface area is 102 Å². The van der Waals surface area contributed by atoms with E-state index in [0.29, 0.717) is 0 Å². The fraction of sp³-hybridized carbons (Fsp3) is 0.538. The minimum Gasteiger partial charge on any atom is -0.493 e. The van der Waals surface area contributed by atoms with Crippen molar-refractivity contribution in [2.24, 2.45) is 0 Å². The summed E-state index contributed by atoms with van der Waals surface area (Å²) >= 11 is 0. The van der Waals surface area contributed by atoms with Gasteiger partial charge in [-0.15, -0.1) is 0 Å². The Hall–Kier alpha value is -1.42. The van der Waals surface area contributed by atoms with Crippen LogP contribution in [0.1, 0.15) is 11.1 Å². The van der Waals surface area contributed by atoms with E-state index in [1.54, 1.807) is 14.2 Å². The molecule has 94 valence electrons. The van der Waals surface area contributed by atoms with Crippen LogP contribution in [-0.4, -0.2) is 34.4 Å². The average Bonchev–Trinajstić information content (AvgIpc) is 2.82. The van der Waals surface area contributed by atoms with Gasteiger partial charge < -0.3 is 19.5 Å². The highest BCUT2D eigenvalue weighted by atomic mass is 16.5. The lowest BCUT2D eigenvalue weighted by molar-refractivity contribution is 0.335. The lowest BCUT2D eigenvalue weighted by Gasteiger charge is -2.16. The molecule has 0 aromatic heterocycles. The monoisotopic (exact) mass is 237 g/mol. The van der Waals surface area contributed by atoms with Crippen LogP contribution >= 0.6 is 0 Å². The molecule has 1 aliphatic rings. The van der Waals surface area contributed by atoms with Crippen molar-refractivity contribution >= 4 is 0 Å². The van der Waals surface area contributed by atoms with Crippen molar-refractivity contribution in [3.8, 4) is 17.2 Å². The van der Waals surface area contributed by atoms with E-state index in [9.17, 15) is 0 Å². The molecule has 1 aliphatic heterocycles. The Bertz CT molecular complexity index is 404. The molecule has 0 radical (unpaired) electrons. The second-order valence-corrected chi connectivity index (χ2v) is 4.03. The van der Waals surface area contributed by atoms with E-state index in [1.165, 1.54) is 5.56 Å². The summed E-state index contributed by atoms with van der Waals surface area (Å²) < 4.78 is 16.5. The van der Waals surface area contributed by atoms with Crippen molar-refractivity contribution in [2.45, 2.75) is 12.8 Å². The molecule has 4 nitrogen and oxygen atoms in total. The van der Waals surface area contributed by atoms with Gasteiger partial charge in [0.1, 0.15) is 5.75 Å². The first-order valence-electron chi connectivity index (χ1n) is 5.86. The lowest BCUT2D eigenvalue weighted by atomic mass is 10.0. The number of methoxy groups -OCH3 is 2. The van der Waals surface area contributed by atoms with Crippen LogP contribution in [0.5, 0.6) is 17.2 Å². The van der Waals surface area contributed by atoms with Gasteiger partial charge in [-0.3, -0.25) is 0 Å². The largest absolute Gasteiger partial charge is 0.493 e. The van der Waals surface area contributed by atoms with E-state index in [2.05, 4.69) is 5.32 Å². The number of likely N-dealkylation sites (N-methyl/N-ethyl adjacent to an activating group) is 1. The Morgan fingerprint density at radius 3 is 2.82 bits per heavy atom. The van der Waals surface area contributed by atoms with E-state index < -0.39 is 0 Å². The summed E-state index contributed by atoms with van der Waals surface area (Å²) in [4.78, 5) is 0. The van der Waals surface area contributed by atoms with Crippen LogP contribution in [0.4, 0.5) is 0 Å². The molecule has 0 bridgehead atoms. The highest BCUT2D eigenvalue weighted by Gasteiger charge is 2.23. The average molecular weight is 237 g/mol. The molecule has 0 amide bonds. The summed E-state index contributed by atoms with van der Waals surface area (Å²) in [5.41, 5.74) is 2.32. The Balaban J connectivity index is 2.46. The van der Waals surface area contributed by atoms with Crippen LogP contribution in [0.15, 0.2) is 6.07 Å². The zero-order chi connectivity index (χ0) is 12.3. The Kier molecular flexibility index (Phi) is 3.74. The Morgan fingerprint density at radius 2 is 2.18 bits per heavy atom. The van der Waals surface area contributed by atoms with Crippen molar-refractivity contribution in [1.29, 1.82) is 0 Å². The molecule has 4 heteroatoms. The molecular formula is C13H19NO3. The molecule has 1 N–H and O–H groups in total. The maximum atomic E-state index is 5.71. The summed E-state index contributed by atoms with van der Waals surface area (Å²) in [6, 6.07) is 2.02. The van der Waals surface area contributed by atoms with Gasteiger partial charge in [-0.2, -0.15) is 0 Å². The molecule has 0 unspecified atom stereocenters. The zero-order valence-corrected chi connectivity index (χ0v) is 10.6. The van der Waals surface area contributed by atoms with Gasteiger partial charge in [0.25, 0.3) is 0 Å². The van der Waals surface area contributed by atoms with E-state index >= 15 is 0 Å². The third kappa shape index (κ3) is 2.17. The summed E-state index contributed by atoms with van der Waals surface area (Å²) in [6.07, 6.45) is 1.82. The molecule has 0 spiro atoms. The number of rotatable bonds is 5. The van der Waals surface area contributed by atoms with Gasteiger partial charge in [-0.05, 0) is 26.1 Å². The SMILES string of the molecule is CNCCc1c2c(cc(OC)c1OC)CCO2. The van der Waals surface area contributed by atoms with E-state index in [-0.39, 0.29) is 0 Å². The highest BCUT2D eigenvalue weighted by Crippen LogP contribution is 2.42. The molecule has 0 atom stereocenters. The third-order valence-corrected chi connectivity index (χ3v) is 3.04. The van der Waals surface area contributed by atoms with Crippen LogP contribution in [0.3, 0.4) is 0 Å². The predicted octanol–water partition coefficient (Wildman–Crippen LogP) is 1.40. The molecule has 17 heavy (non-hydrogen) atoms. The van der Waals surface area contributed by atoms with Gasteiger partial charge in [-0.25, -0.2) is 0 Å². The topological polar surface area (TPSA) is 39.7 Å². The van der Waals surface area contributed by atoms with E-state index in [4.69, 9.17) is 14.2 Å². The standard InChI is InChI=1S/C13H19NO3/c1-14-6-4-10-12-9(5-7-17-12)8-11(15-2)13(10)16-3/h8,14H,4-7H2,1-3H3. The number of nitrogens with one attached hydrogen (secondary N) is 1. The quantitative estimate of drug-likeness (QED) is 0.840. The third-order valence-electron chi connectivity index (χ3n) is 3.04. The van der Waals surface area contributed by atoms with Gasteiger partial charge in [0.2, 0.25) is 0 Å². The first-order valence-corrected chi connectivity index (χ1v) is 5.86. The number of benzene rings is 1. The summed E-state index contributed by atoms with van der Waals surface area (Å²) in [5, 5.41) is 3.14. The number of ether oxygens (including phenoxy) is 3. The molecule has 1 aromatic carbocycles. The van der Waals surface area contributed by atoms with E-state index in [1.807, 2.05) is 13.1 Å². The smallest absolute Gasteiger partial charge is 0.167 e. The number of hydrogen-bond donors (Lipinski definition) is 1. The molecule has 0 fully saturated rings. The summed E-state index contributed by atoms with van der Waals surface area (Å²) in [7, 11) is 5.28. The van der Waals surface area contributed by atoms with Gasteiger partial charge in [-0.1, -0.05) is 0 Å². The minimum absolute atomic E-state index is 0.748. The molecule has 0 saturated carbocycles. The maximum absolute atomic E-state index is 5.71. The first kappa shape index (κ1) is 12.0. The fourth-order valence-electron chi connectivity index (χ4n) is 2.22. The van der Waals surface area contributed by atoms with Crippen molar-refractivity contribution in [3.05, 3.63) is 17.2 Å². The highest BCUT2D eigenvalue weighted by molar-refractivity contribution is 5.59. The Morgan fingerprint density at radius 1 is 1.35 bits per heavy atom. The maximum Gasteiger partial charge on any atom is 0.167 e. The van der Waals surface area contributed by atoms with Crippen molar-refractivity contribution in [2.75, 3.05) is 34.4 Å². The zero-order valence-electron chi connectivity index (χ0n) is 10.6. The van der Waals surface area contributed by atoms with Crippen molar-refractivity contribution < 1.29 is 14.2 Å². The summed E-state index contributed by atoms with van der Waals surface area (Å²) in [6.45, 7) is 1.64. The predicted molar refractivity (Wildman–Crippen MR) is 66.4 cm³/mol. The number of hydrogen-bond acceptors (Lipinski definition) is 4. The first-order chi connectivity index (χ1) is 8.31. The second-order valence-electron chi connectivity index (χ2n) is 4.03. The van der Waals surface area contributed by atoms with Crippen molar-refractivity contribution in [1.82, 2.24) is 5.32 Å². The van der Waals surface area contributed by atoms with Gasteiger partial charge >= 0.3 is 0 Å². The van der Waals surface area contributed by atoms with Gasteiger partial charge in [0.15, 0.2) is 11.5 Å². The molecule has 0 aliphatic carbocycles. The lowest BCUT2D eigenvalue weighted by Crippen LogP contribution is -2.12. The van der Waals surface area contributed by atoms with E-state index in [0.717, 1.165) is 48.8 Å². The second kappa shape index (κ2) is 5.27. The molecule has 0 saturated heterocycles. The molecule has 1 heterocycles. The molecule has 2 rings (SSSR count). The van der Waals surface area contributed by atoms with Gasteiger partial charge in [0.05, 0.1) is 20.8 Å². The van der Waals surface area contributed by atoms with Crippen LogP contribution < -0.4 is 19.5 Å². The fourth-order valence-corrected chi connectivity index (χ4v) is 2.22. The van der Waals surface area contributed by atoms with Gasteiger partial charge in [0, 0.05) is 17.5 Å². The van der Waals surface area contributed by atoms with Crippen LogP contribution in [-0.2, 0) is 12.8 Å². The van der Waals surface area contributed by atoms with Crippen LogP contribution in [0.2, 0.25) is 0 Å². The normalized spacial score (nSPS) is 13.1. The van der Waals surface area contributed by atoms with Crippen LogP contribution in [0, 0.1) is 0 Å². The van der Waals surface area contributed by atoms with Crippen LogP contribution in [0.25, 0.3) is 0 Å².